The molecule has 0 radical (unpaired) electrons. The van der Waals surface area contributed by atoms with Crippen molar-refractivity contribution in [3.05, 3.63) is 17.7 Å². The van der Waals surface area contributed by atoms with Gasteiger partial charge in [-0.1, -0.05) is 0 Å². The summed E-state index contributed by atoms with van der Waals surface area (Å²) >= 11 is 0. The molecule has 2 rings (SSSR count). The molecule has 0 aliphatic carbocycles. The molecule has 1 aliphatic rings. The summed E-state index contributed by atoms with van der Waals surface area (Å²) in [7, 11) is 1.65. The maximum Gasteiger partial charge on any atom is 0.246 e. The summed E-state index contributed by atoms with van der Waals surface area (Å²) in [6.07, 6.45) is 0. The highest BCUT2D eigenvalue weighted by atomic mass is 16.7. The maximum absolute atomic E-state index is 5.60. The van der Waals surface area contributed by atoms with E-state index < -0.39 is 5.79 Å². The van der Waals surface area contributed by atoms with Crippen LogP contribution in [0.2, 0.25) is 0 Å². The van der Waals surface area contributed by atoms with Gasteiger partial charge in [-0.25, -0.2) is 0 Å². The Morgan fingerprint density at radius 2 is 1.71 bits per heavy atom. The van der Waals surface area contributed by atoms with Crippen molar-refractivity contribution in [2.45, 2.75) is 26.6 Å². The number of methoxy groups -OCH3 is 1. The lowest BCUT2D eigenvalue weighted by Crippen LogP contribution is -2.29. The van der Waals surface area contributed by atoms with Gasteiger partial charge in [0.15, 0.2) is 11.5 Å². The van der Waals surface area contributed by atoms with E-state index in [4.69, 9.17) is 14.2 Å². The zero-order chi connectivity index (χ0) is 10.3. The molecule has 0 bridgehead atoms. The molecular formula is C11H14O3. The molecule has 0 saturated carbocycles. The lowest BCUT2D eigenvalue weighted by Gasteiger charge is -2.16. The predicted molar refractivity (Wildman–Crippen MR) is 53.1 cm³/mol. The number of benzene rings is 1. The van der Waals surface area contributed by atoms with Crippen molar-refractivity contribution in [3.63, 3.8) is 0 Å². The van der Waals surface area contributed by atoms with Crippen LogP contribution in [0.3, 0.4) is 0 Å². The summed E-state index contributed by atoms with van der Waals surface area (Å²) < 4.78 is 16.4. The van der Waals surface area contributed by atoms with Gasteiger partial charge in [0.25, 0.3) is 0 Å². The molecule has 14 heavy (non-hydrogen) atoms. The van der Waals surface area contributed by atoms with Crippen molar-refractivity contribution in [2.24, 2.45) is 0 Å². The first-order valence-electron chi connectivity index (χ1n) is 4.58. The third kappa shape index (κ3) is 1.39. The number of ether oxygens (including phenoxy) is 3. The van der Waals surface area contributed by atoms with Crippen LogP contribution in [-0.2, 0) is 0 Å². The monoisotopic (exact) mass is 194 g/mol. The van der Waals surface area contributed by atoms with E-state index in [-0.39, 0.29) is 0 Å². The molecule has 0 spiro atoms. The molecule has 1 aromatic rings. The fourth-order valence-electron chi connectivity index (χ4n) is 1.57. The van der Waals surface area contributed by atoms with Crippen LogP contribution in [0.15, 0.2) is 12.1 Å². The first-order valence-corrected chi connectivity index (χ1v) is 4.58. The number of aryl methyl sites for hydroxylation is 1. The van der Waals surface area contributed by atoms with Crippen LogP contribution >= 0.6 is 0 Å². The Hall–Kier alpha value is -1.38. The van der Waals surface area contributed by atoms with Crippen LogP contribution in [0.5, 0.6) is 17.2 Å². The van der Waals surface area contributed by atoms with E-state index in [1.807, 2.05) is 32.9 Å². The third-order valence-electron chi connectivity index (χ3n) is 2.17. The summed E-state index contributed by atoms with van der Waals surface area (Å²) in [6, 6.07) is 3.79. The Bertz CT molecular complexity index is 369. The molecule has 0 fully saturated rings. The average molecular weight is 194 g/mol. The molecule has 0 saturated heterocycles. The van der Waals surface area contributed by atoms with Gasteiger partial charge in [-0.2, -0.15) is 0 Å². The molecule has 0 aromatic heterocycles. The standard InChI is InChI=1S/C11H14O3/c1-7-5-9-10(6-8(7)12-4)14-11(2,3)13-9/h5-6H,1-4H3. The fourth-order valence-corrected chi connectivity index (χ4v) is 1.57. The van der Waals surface area contributed by atoms with E-state index in [1.165, 1.54) is 0 Å². The fraction of sp³-hybridized carbons (Fsp3) is 0.455. The molecular weight excluding hydrogens is 180 g/mol. The second-order valence-corrected chi connectivity index (χ2v) is 3.87. The van der Waals surface area contributed by atoms with Crippen molar-refractivity contribution < 1.29 is 14.2 Å². The van der Waals surface area contributed by atoms with E-state index in [1.54, 1.807) is 7.11 Å². The second-order valence-electron chi connectivity index (χ2n) is 3.87. The minimum Gasteiger partial charge on any atom is -0.496 e. The van der Waals surface area contributed by atoms with Gasteiger partial charge >= 0.3 is 0 Å². The van der Waals surface area contributed by atoms with Crippen LogP contribution in [0.25, 0.3) is 0 Å². The summed E-state index contributed by atoms with van der Waals surface area (Å²) in [6.45, 7) is 5.75. The van der Waals surface area contributed by atoms with Gasteiger partial charge in [0, 0.05) is 19.9 Å². The number of rotatable bonds is 1. The Kier molecular flexibility index (Phi) is 1.84. The Morgan fingerprint density at radius 1 is 1.14 bits per heavy atom. The van der Waals surface area contributed by atoms with Crippen molar-refractivity contribution in [3.8, 4) is 17.2 Å². The minimum absolute atomic E-state index is 0.568. The van der Waals surface area contributed by atoms with Crippen LogP contribution in [0, 0.1) is 6.92 Å². The molecule has 76 valence electrons. The Labute approximate surface area is 83.6 Å². The van der Waals surface area contributed by atoms with Crippen molar-refractivity contribution in [2.75, 3.05) is 7.11 Å². The van der Waals surface area contributed by atoms with Crippen LogP contribution in [-0.4, -0.2) is 12.9 Å². The molecule has 1 aliphatic heterocycles. The van der Waals surface area contributed by atoms with Crippen LogP contribution in [0.1, 0.15) is 19.4 Å². The number of hydrogen-bond acceptors (Lipinski definition) is 3. The summed E-state index contributed by atoms with van der Waals surface area (Å²) in [5, 5.41) is 0. The number of fused-ring (bicyclic) bond motifs is 1. The first kappa shape index (κ1) is 9.19. The van der Waals surface area contributed by atoms with E-state index in [9.17, 15) is 0 Å². The largest absolute Gasteiger partial charge is 0.496 e. The lowest BCUT2D eigenvalue weighted by atomic mass is 10.2. The van der Waals surface area contributed by atoms with Gasteiger partial charge in [0.1, 0.15) is 5.75 Å². The van der Waals surface area contributed by atoms with Gasteiger partial charge in [-0.3, -0.25) is 0 Å². The van der Waals surface area contributed by atoms with Gasteiger partial charge < -0.3 is 14.2 Å². The minimum atomic E-state index is -0.568. The smallest absolute Gasteiger partial charge is 0.246 e. The SMILES string of the molecule is COc1cc2c(cc1C)OC(C)(C)O2. The molecule has 0 unspecified atom stereocenters. The highest BCUT2D eigenvalue weighted by Gasteiger charge is 2.32. The Morgan fingerprint density at radius 3 is 2.29 bits per heavy atom. The lowest BCUT2D eigenvalue weighted by molar-refractivity contribution is -0.0431. The van der Waals surface area contributed by atoms with E-state index in [0.29, 0.717) is 0 Å². The van der Waals surface area contributed by atoms with E-state index in [0.717, 1.165) is 22.8 Å². The van der Waals surface area contributed by atoms with Gasteiger partial charge in [0.2, 0.25) is 5.79 Å². The summed E-state index contributed by atoms with van der Waals surface area (Å²) in [5.41, 5.74) is 1.05. The topological polar surface area (TPSA) is 27.7 Å². The van der Waals surface area contributed by atoms with Gasteiger partial charge in [0.05, 0.1) is 7.11 Å². The Balaban J connectivity index is 2.44. The molecule has 1 aromatic carbocycles. The summed E-state index contributed by atoms with van der Waals surface area (Å²) in [5.74, 6) is 1.79. The highest BCUT2D eigenvalue weighted by molar-refractivity contribution is 5.52. The van der Waals surface area contributed by atoms with Crippen LogP contribution < -0.4 is 14.2 Å². The van der Waals surface area contributed by atoms with Crippen LogP contribution in [0.4, 0.5) is 0 Å². The van der Waals surface area contributed by atoms with Gasteiger partial charge in [-0.15, -0.1) is 0 Å². The van der Waals surface area contributed by atoms with Gasteiger partial charge in [-0.05, 0) is 18.6 Å². The molecule has 1 heterocycles. The predicted octanol–water partition coefficient (Wildman–Crippen LogP) is 2.51. The molecule has 0 N–H and O–H groups in total. The quantitative estimate of drug-likeness (QED) is 0.687. The molecule has 0 amide bonds. The highest BCUT2D eigenvalue weighted by Crippen LogP contribution is 2.42. The van der Waals surface area contributed by atoms with E-state index >= 15 is 0 Å². The first-order chi connectivity index (χ1) is 6.52. The van der Waals surface area contributed by atoms with Crippen molar-refractivity contribution >= 4 is 0 Å². The zero-order valence-corrected chi connectivity index (χ0v) is 8.88. The molecule has 3 nitrogen and oxygen atoms in total. The maximum atomic E-state index is 5.60. The second kappa shape index (κ2) is 2.80. The summed E-state index contributed by atoms with van der Waals surface area (Å²) in [4.78, 5) is 0. The van der Waals surface area contributed by atoms with E-state index in [2.05, 4.69) is 0 Å². The van der Waals surface area contributed by atoms with Crippen molar-refractivity contribution in [1.82, 2.24) is 0 Å². The molecule has 3 heteroatoms. The third-order valence-corrected chi connectivity index (χ3v) is 2.17. The number of hydrogen-bond donors (Lipinski definition) is 0. The van der Waals surface area contributed by atoms with Crippen molar-refractivity contribution in [1.29, 1.82) is 0 Å². The normalized spacial score (nSPS) is 16.9. The zero-order valence-electron chi connectivity index (χ0n) is 8.88. The average Bonchev–Trinajstić information content (AvgIpc) is 2.36. The molecule has 0 atom stereocenters.